The summed E-state index contributed by atoms with van der Waals surface area (Å²) in [6.07, 6.45) is 2.49. The van der Waals surface area contributed by atoms with Gasteiger partial charge in [0.25, 0.3) is 0 Å². The molecule has 120 valence electrons. The van der Waals surface area contributed by atoms with Crippen LogP contribution in [0.4, 0.5) is 0 Å². The van der Waals surface area contributed by atoms with Gasteiger partial charge in [-0.1, -0.05) is 26.0 Å². The van der Waals surface area contributed by atoms with Crippen LogP contribution in [0.25, 0.3) is 10.9 Å². The molecule has 0 N–H and O–H groups in total. The van der Waals surface area contributed by atoms with E-state index in [0.717, 1.165) is 16.4 Å². The van der Waals surface area contributed by atoms with Crippen LogP contribution in [0.5, 0.6) is 0 Å². The third-order valence-electron chi connectivity index (χ3n) is 4.23. The lowest BCUT2D eigenvalue weighted by molar-refractivity contribution is 0.00578. The van der Waals surface area contributed by atoms with Crippen LogP contribution < -0.4 is 5.46 Å². The lowest BCUT2D eigenvalue weighted by atomic mass is 9.77. The van der Waals surface area contributed by atoms with Crippen LogP contribution >= 0.6 is 28.4 Å². The summed E-state index contributed by atoms with van der Waals surface area (Å²) in [6, 6.07) is 6.19. The molecule has 0 bridgehead atoms. The Labute approximate surface area is 147 Å². The predicted molar refractivity (Wildman–Crippen MR) is 105 cm³/mol. The molecule has 1 aromatic carbocycles. The maximum absolute atomic E-state index is 6.14. The van der Waals surface area contributed by atoms with E-state index in [1.807, 2.05) is 30.6 Å². The van der Waals surface area contributed by atoms with E-state index >= 15 is 0 Å². The lowest BCUT2D eigenvalue weighted by Crippen LogP contribution is -2.41. The Morgan fingerprint density at radius 3 is 2.27 bits per heavy atom. The zero-order valence-corrected chi connectivity index (χ0v) is 17.1. The first-order valence-corrected chi connectivity index (χ1v) is 11.6. The van der Waals surface area contributed by atoms with Crippen LogP contribution in [0.3, 0.4) is 0 Å². The molecule has 3 rings (SSSR count). The van der Waals surface area contributed by atoms with Crippen LogP contribution in [0.2, 0.25) is 0 Å². The molecule has 1 fully saturated rings. The van der Waals surface area contributed by atoms with Crippen molar-refractivity contribution >= 4 is 51.9 Å². The average molecular weight is 432 g/mol. The summed E-state index contributed by atoms with van der Waals surface area (Å²) in [4.78, 5) is 0. The third-order valence-corrected chi connectivity index (χ3v) is 6.12. The van der Waals surface area contributed by atoms with Gasteiger partial charge in [0, 0.05) is 5.39 Å². The first-order chi connectivity index (χ1) is 10.4. The molecule has 0 radical (unpaired) electrons. The summed E-state index contributed by atoms with van der Waals surface area (Å²) in [5, 5.41) is 5.54. The summed E-state index contributed by atoms with van der Waals surface area (Å²) >= 11 is 2.33. The molecule has 0 saturated carbocycles. The Morgan fingerprint density at radius 2 is 1.73 bits per heavy atom. The fraction of sp³-hybridized carbons (Fsp3) is 0.533. The Bertz CT molecular complexity index is 644. The van der Waals surface area contributed by atoms with E-state index in [9.17, 15) is 0 Å². The van der Waals surface area contributed by atoms with E-state index in [2.05, 4.69) is 67.0 Å². The standard InChI is InChI=1S/C13H17BIN2O2P.C2H6/c1-12(2)13(3,4)19-14(18-12)10-6-5-7-11-9(10)8-16-17(11)20-15;1-2/h5-8,20H,1-4H3;1-2H3. The van der Waals surface area contributed by atoms with E-state index in [1.54, 1.807) is 0 Å². The molecule has 22 heavy (non-hydrogen) atoms. The minimum Gasteiger partial charge on any atom is -0.399 e. The second-order valence-electron chi connectivity index (χ2n) is 6.01. The Balaban J connectivity index is 0.000000847. The van der Waals surface area contributed by atoms with Crippen LogP contribution in [0.1, 0.15) is 41.5 Å². The van der Waals surface area contributed by atoms with Gasteiger partial charge < -0.3 is 9.31 Å². The molecular weight excluding hydrogens is 409 g/mol. The highest BCUT2D eigenvalue weighted by molar-refractivity contribution is 14.2. The van der Waals surface area contributed by atoms with E-state index < -0.39 is 0 Å². The fourth-order valence-electron chi connectivity index (χ4n) is 2.32. The van der Waals surface area contributed by atoms with Crippen molar-refractivity contribution < 1.29 is 9.31 Å². The van der Waals surface area contributed by atoms with Crippen molar-refractivity contribution in [3.8, 4) is 0 Å². The molecule has 1 aromatic heterocycles. The predicted octanol–water partition coefficient (Wildman–Crippen LogP) is 4.15. The molecular formula is C15H23BIN2O2P. The number of halogens is 1. The number of hydrogen-bond donors (Lipinski definition) is 0. The van der Waals surface area contributed by atoms with Gasteiger partial charge in [-0.3, -0.25) is 0 Å². The SMILES string of the molecule is CC.CC1(C)OB(c2cccc3c2cnn3PI)OC1(C)C. The monoisotopic (exact) mass is 432 g/mol. The van der Waals surface area contributed by atoms with Gasteiger partial charge >= 0.3 is 7.12 Å². The zero-order chi connectivity index (χ0) is 16.5. The maximum atomic E-state index is 6.14. The molecule has 0 spiro atoms. The molecule has 1 saturated heterocycles. The van der Waals surface area contributed by atoms with Crippen LogP contribution in [0.15, 0.2) is 24.4 Å². The average Bonchev–Trinajstić information content (AvgIpc) is 2.99. The number of rotatable bonds is 2. The molecule has 2 heterocycles. The fourth-order valence-corrected chi connectivity index (χ4v) is 3.86. The highest BCUT2D eigenvalue weighted by Crippen LogP contribution is 2.37. The molecule has 0 aliphatic carbocycles. The highest BCUT2D eigenvalue weighted by atomic mass is 127. The minimum atomic E-state index is -0.334. The molecule has 4 nitrogen and oxygen atoms in total. The van der Waals surface area contributed by atoms with E-state index in [-0.39, 0.29) is 18.3 Å². The van der Waals surface area contributed by atoms with E-state index in [4.69, 9.17) is 9.31 Å². The number of nitrogens with zero attached hydrogens (tertiary/aromatic N) is 2. The largest absolute Gasteiger partial charge is 0.495 e. The van der Waals surface area contributed by atoms with E-state index in [0.29, 0.717) is 6.37 Å². The van der Waals surface area contributed by atoms with Gasteiger partial charge in [0.15, 0.2) is 0 Å². The van der Waals surface area contributed by atoms with Crippen molar-refractivity contribution in [1.82, 2.24) is 9.55 Å². The Hall–Kier alpha value is -0.165. The van der Waals surface area contributed by atoms with Gasteiger partial charge in [-0.25, -0.2) is 4.45 Å². The maximum Gasteiger partial charge on any atom is 0.495 e. The van der Waals surface area contributed by atoms with E-state index in [1.165, 1.54) is 0 Å². The molecule has 0 amide bonds. The van der Waals surface area contributed by atoms with Crippen LogP contribution in [0, 0.1) is 0 Å². The number of fused-ring (bicyclic) bond motifs is 1. The molecule has 7 heteroatoms. The first kappa shape index (κ1) is 18.2. The first-order valence-electron chi connectivity index (χ1n) is 7.55. The Kier molecular flexibility index (Phi) is 5.58. The smallest absolute Gasteiger partial charge is 0.399 e. The topological polar surface area (TPSA) is 36.3 Å². The van der Waals surface area contributed by atoms with Crippen molar-refractivity contribution in [2.45, 2.75) is 52.7 Å². The second kappa shape index (κ2) is 6.75. The Morgan fingerprint density at radius 1 is 1.14 bits per heavy atom. The molecule has 1 unspecified atom stereocenters. The second-order valence-corrected chi connectivity index (χ2v) is 8.05. The van der Waals surface area contributed by atoms with Gasteiger partial charge in [0.1, 0.15) is 0 Å². The zero-order valence-electron chi connectivity index (χ0n) is 14.0. The van der Waals surface area contributed by atoms with Crippen molar-refractivity contribution in [1.29, 1.82) is 0 Å². The van der Waals surface area contributed by atoms with Gasteiger partial charge in [0.2, 0.25) is 0 Å². The summed E-state index contributed by atoms with van der Waals surface area (Å²) in [6.45, 7) is 12.3. The third kappa shape index (κ3) is 3.08. The van der Waals surface area contributed by atoms with Crippen molar-refractivity contribution in [2.75, 3.05) is 0 Å². The molecule has 1 atom stereocenters. The van der Waals surface area contributed by atoms with Crippen molar-refractivity contribution in [3.63, 3.8) is 0 Å². The summed E-state index contributed by atoms with van der Waals surface area (Å²) in [5.41, 5.74) is 1.55. The summed E-state index contributed by atoms with van der Waals surface area (Å²) in [7, 11) is -0.334. The van der Waals surface area contributed by atoms with Gasteiger partial charge in [-0.05, 0) is 61.3 Å². The van der Waals surface area contributed by atoms with Crippen molar-refractivity contribution in [3.05, 3.63) is 24.4 Å². The molecule has 2 aromatic rings. The number of aromatic nitrogens is 2. The van der Waals surface area contributed by atoms with Gasteiger partial charge in [0.05, 0.1) is 29.3 Å². The van der Waals surface area contributed by atoms with Gasteiger partial charge in [-0.2, -0.15) is 5.10 Å². The number of hydrogen-bond acceptors (Lipinski definition) is 3. The quantitative estimate of drug-likeness (QED) is 0.407. The number of benzene rings is 1. The lowest BCUT2D eigenvalue weighted by Gasteiger charge is -2.32. The summed E-state index contributed by atoms with van der Waals surface area (Å²) in [5.74, 6) is 0. The summed E-state index contributed by atoms with van der Waals surface area (Å²) < 4.78 is 14.3. The van der Waals surface area contributed by atoms with Gasteiger partial charge in [-0.15, -0.1) is 0 Å². The van der Waals surface area contributed by atoms with Crippen molar-refractivity contribution in [2.24, 2.45) is 0 Å². The normalized spacial score (nSPS) is 19.7. The molecule has 1 aliphatic heterocycles. The minimum absolute atomic E-state index is 0.319. The highest BCUT2D eigenvalue weighted by Gasteiger charge is 2.52. The van der Waals surface area contributed by atoms with Crippen LogP contribution in [-0.2, 0) is 9.31 Å². The van der Waals surface area contributed by atoms with Crippen LogP contribution in [-0.4, -0.2) is 27.9 Å². The molecule has 1 aliphatic rings.